The van der Waals surface area contributed by atoms with Crippen LogP contribution in [0.4, 0.5) is 13.2 Å². The molecule has 4 heteroatoms. The minimum absolute atomic E-state index is 0.00309. The first kappa shape index (κ1) is 18.3. The van der Waals surface area contributed by atoms with Gasteiger partial charge < -0.3 is 0 Å². The maximum Gasteiger partial charge on any atom is 0.171 e. The quantitative estimate of drug-likeness (QED) is 0.352. The minimum Gasteiger partial charge on any atom is -0.238 e. The summed E-state index contributed by atoms with van der Waals surface area (Å²) in [5.74, 6) is -1.45. The molecule has 1 aliphatic carbocycles. The van der Waals surface area contributed by atoms with Crippen molar-refractivity contribution < 1.29 is 13.2 Å². The van der Waals surface area contributed by atoms with Crippen molar-refractivity contribution >= 4 is 21.5 Å². The topological polar surface area (TPSA) is 0 Å². The molecule has 0 amide bonds. The second-order valence-electron chi connectivity index (χ2n) is 6.03. The van der Waals surface area contributed by atoms with Crippen LogP contribution in [0.2, 0.25) is 0 Å². The van der Waals surface area contributed by atoms with E-state index in [4.69, 9.17) is 0 Å². The second-order valence-corrected chi connectivity index (χ2v) is 7.50. The van der Waals surface area contributed by atoms with E-state index in [-0.39, 0.29) is 11.1 Å². The molecule has 23 heavy (non-hydrogen) atoms. The number of alkyl halides is 2. The zero-order valence-corrected chi connectivity index (χ0v) is 14.9. The van der Waals surface area contributed by atoms with Gasteiger partial charge in [0.2, 0.25) is 0 Å². The van der Waals surface area contributed by atoms with Gasteiger partial charge in [0.05, 0.1) is 4.32 Å². The fourth-order valence-corrected chi connectivity index (χ4v) is 3.45. The van der Waals surface area contributed by atoms with Crippen molar-refractivity contribution in [2.75, 3.05) is 0 Å². The molecule has 0 aromatic heterocycles. The van der Waals surface area contributed by atoms with Crippen LogP contribution in [-0.2, 0) is 0 Å². The van der Waals surface area contributed by atoms with Crippen molar-refractivity contribution in [2.45, 2.75) is 55.9 Å². The fraction of sp³-hybridized carbons (Fsp3) is 0.474. The minimum atomic E-state index is -1.80. The number of hydrogen-bond acceptors (Lipinski definition) is 0. The van der Waals surface area contributed by atoms with Gasteiger partial charge in [0.1, 0.15) is 11.6 Å². The van der Waals surface area contributed by atoms with Crippen molar-refractivity contribution in [3.63, 3.8) is 0 Å². The van der Waals surface area contributed by atoms with Crippen molar-refractivity contribution in [2.24, 2.45) is 0 Å². The Morgan fingerprint density at radius 1 is 1.09 bits per heavy atom. The highest BCUT2D eigenvalue weighted by Gasteiger charge is 2.41. The number of unbranched alkanes of at least 4 members (excludes halogenated alkanes) is 4. The predicted molar refractivity (Wildman–Crippen MR) is 93.5 cm³/mol. The zero-order chi connectivity index (χ0) is 16.9. The zero-order valence-electron chi connectivity index (χ0n) is 13.3. The molecule has 0 saturated heterocycles. The molecule has 0 radical (unpaired) electrons. The van der Waals surface area contributed by atoms with E-state index in [1.165, 1.54) is 24.3 Å². The molecule has 0 spiro atoms. The van der Waals surface area contributed by atoms with E-state index in [2.05, 4.69) is 22.9 Å². The molecule has 0 N–H and O–H groups in total. The van der Waals surface area contributed by atoms with Crippen LogP contribution in [-0.4, -0.2) is 10.5 Å². The number of halogens is 4. The van der Waals surface area contributed by atoms with Crippen LogP contribution in [0.5, 0.6) is 0 Å². The number of rotatable bonds is 7. The predicted octanol–water partition coefficient (Wildman–Crippen LogP) is 6.91. The third-order valence-corrected chi connectivity index (χ3v) is 5.32. The molecular weight excluding hydrogens is 365 g/mol. The molecular formula is C19H22BrF3. The van der Waals surface area contributed by atoms with E-state index < -0.39 is 22.1 Å². The Bertz CT molecular complexity index is 594. The Kier molecular flexibility index (Phi) is 6.51. The van der Waals surface area contributed by atoms with Crippen molar-refractivity contribution in [1.82, 2.24) is 0 Å². The Balaban J connectivity index is 2.10. The molecule has 1 aliphatic rings. The smallest absolute Gasteiger partial charge is 0.171 e. The van der Waals surface area contributed by atoms with Gasteiger partial charge in [-0.15, -0.1) is 0 Å². The largest absolute Gasteiger partial charge is 0.238 e. The van der Waals surface area contributed by atoms with Crippen molar-refractivity contribution in [3.05, 3.63) is 53.6 Å². The summed E-state index contributed by atoms with van der Waals surface area (Å²) in [4.78, 5) is 0. The fourth-order valence-electron chi connectivity index (χ4n) is 2.84. The summed E-state index contributed by atoms with van der Waals surface area (Å²) in [6.07, 6.45) is 7.10. The Morgan fingerprint density at radius 2 is 1.78 bits per heavy atom. The number of benzene rings is 1. The van der Waals surface area contributed by atoms with E-state index in [9.17, 15) is 13.2 Å². The highest BCUT2D eigenvalue weighted by atomic mass is 79.9. The van der Waals surface area contributed by atoms with Gasteiger partial charge in [0.25, 0.3) is 0 Å². The van der Waals surface area contributed by atoms with Crippen LogP contribution in [0.1, 0.15) is 51.0 Å². The van der Waals surface area contributed by atoms with Gasteiger partial charge in [-0.1, -0.05) is 85.3 Å². The van der Waals surface area contributed by atoms with Gasteiger partial charge in [-0.3, -0.25) is 0 Å². The lowest BCUT2D eigenvalue weighted by Crippen LogP contribution is -2.34. The maximum absolute atomic E-state index is 14.6. The molecule has 2 rings (SSSR count). The van der Waals surface area contributed by atoms with Crippen LogP contribution in [0, 0.1) is 5.82 Å². The molecule has 2 atom stereocenters. The van der Waals surface area contributed by atoms with Gasteiger partial charge >= 0.3 is 0 Å². The Morgan fingerprint density at radius 3 is 2.48 bits per heavy atom. The monoisotopic (exact) mass is 386 g/mol. The van der Waals surface area contributed by atoms with Gasteiger partial charge in [-0.25, -0.2) is 13.2 Å². The van der Waals surface area contributed by atoms with Crippen LogP contribution in [0.3, 0.4) is 0 Å². The third-order valence-electron chi connectivity index (χ3n) is 4.26. The Hall–Kier alpha value is -1.03. The average Bonchev–Trinajstić information content (AvgIpc) is 2.54. The first-order chi connectivity index (χ1) is 11.0. The van der Waals surface area contributed by atoms with E-state index in [0.717, 1.165) is 32.1 Å². The van der Waals surface area contributed by atoms with Gasteiger partial charge in [0.15, 0.2) is 6.17 Å². The second kappa shape index (κ2) is 8.18. The van der Waals surface area contributed by atoms with Crippen molar-refractivity contribution in [3.8, 4) is 0 Å². The first-order valence-corrected chi connectivity index (χ1v) is 8.95. The third kappa shape index (κ3) is 4.28. The highest BCUT2D eigenvalue weighted by molar-refractivity contribution is 9.10. The summed E-state index contributed by atoms with van der Waals surface area (Å²) in [5.41, 5.74) is 0.0954. The first-order valence-electron chi connectivity index (χ1n) is 8.16. The van der Waals surface area contributed by atoms with Crippen LogP contribution < -0.4 is 0 Å². The molecule has 2 unspecified atom stereocenters. The molecule has 0 fully saturated rings. The molecule has 0 nitrogen and oxygen atoms in total. The van der Waals surface area contributed by atoms with E-state index in [1.807, 2.05) is 0 Å². The average molecular weight is 387 g/mol. The summed E-state index contributed by atoms with van der Waals surface area (Å²) >= 11 is 3.36. The number of hydrogen-bond donors (Lipinski definition) is 0. The van der Waals surface area contributed by atoms with Gasteiger partial charge in [-0.05, 0) is 12.5 Å². The molecule has 0 aliphatic heterocycles. The summed E-state index contributed by atoms with van der Waals surface area (Å²) in [6.45, 7) is 2.14. The summed E-state index contributed by atoms with van der Waals surface area (Å²) < 4.78 is 41.9. The molecule has 0 saturated carbocycles. The lowest BCUT2D eigenvalue weighted by atomic mass is 9.87. The van der Waals surface area contributed by atoms with Crippen LogP contribution in [0.25, 0.3) is 5.57 Å². The van der Waals surface area contributed by atoms with Gasteiger partial charge in [0, 0.05) is 11.1 Å². The van der Waals surface area contributed by atoms with E-state index in [0.29, 0.717) is 6.42 Å². The summed E-state index contributed by atoms with van der Waals surface area (Å²) in [6, 6.07) is 5.86. The summed E-state index contributed by atoms with van der Waals surface area (Å²) in [5, 5.41) is 0. The molecule has 0 heterocycles. The van der Waals surface area contributed by atoms with Crippen LogP contribution >= 0.6 is 15.9 Å². The standard InChI is InChI=1S/C19H22BrF3/c1-2-3-4-5-8-12-19(20)13-11-15(17(22)18(19)23)14-9-6-7-10-16(14)21/h6-7,9-11,13,18H,2-5,8,12H2,1H3. The molecule has 0 bridgehead atoms. The lowest BCUT2D eigenvalue weighted by molar-refractivity contribution is 0.275. The van der Waals surface area contributed by atoms with Crippen LogP contribution in [0.15, 0.2) is 42.2 Å². The number of allylic oxidation sites excluding steroid dienone is 4. The van der Waals surface area contributed by atoms with E-state index >= 15 is 0 Å². The molecule has 1 aromatic rings. The normalized spacial score (nSPS) is 24.3. The van der Waals surface area contributed by atoms with E-state index in [1.54, 1.807) is 12.1 Å². The van der Waals surface area contributed by atoms with Gasteiger partial charge in [-0.2, -0.15) is 0 Å². The molecule has 1 aromatic carbocycles. The maximum atomic E-state index is 14.6. The van der Waals surface area contributed by atoms with Crippen molar-refractivity contribution in [1.29, 1.82) is 0 Å². The SMILES string of the molecule is CCCCCCCC1(Br)C=CC(c2ccccc2F)=C(F)C1F. The lowest BCUT2D eigenvalue weighted by Gasteiger charge is -2.31. The molecule has 126 valence electrons. The summed E-state index contributed by atoms with van der Waals surface area (Å²) in [7, 11) is 0. The highest BCUT2D eigenvalue weighted by Crippen LogP contribution is 2.43. The Labute approximate surface area is 144 Å².